The zero-order valence-corrected chi connectivity index (χ0v) is 17.2. The van der Waals surface area contributed by atoms with E-state index in [4.69, 9.17) is 23.2 Å². The first-order chi connectivity index (χ1) is 12.3. The van der Waals surface area contributed by atoms with Crippen molar-refractivity contribution in [1.29, 1.82) is 0 Å². The molecule has 8 heteroatoms. The van der Waals surface area contributed by atoms with Crippen molar-refractivity contribution in [2.75, 3.05) is 26.2 Å². The molecule has 0 radical (unpaired) electrons. The number of sulfonamides is 1. The molecule has 1 aromatic carbocycles. The normalized spacial score (nSPS) is 21.1. The average molecular weight is 419 g/mol. The highest BCUT2D eigenvalue weighted by molar-refractivity contribution is 7.89. The van der Waals surface area contributed by atoms with E-state index in [2.05, 4.69) is 6.92 Å². The summed E-state index contributed by atoms with van der Waals surface area (Å²) < 4.78 is 27.2. The number of carbonyl (C=O) groups excluding carboxylic acids is 1. The Balaban J connectivity index is 1.65. The van der Waals surface area contributed by atoms with Gasteiger partial charge in [0.2, 0.25) is 15.9 Å². The molecule has 2 saturated heterocycles. The molecule has 0 N–H and O–H groups in total. The molecule has 0 atom stereocenters. The number of carbonyl (C=O) groups is 1. The first-order valence-electron chi connectivity index (χ1n) is 9.03. The fraction of sp³-hybridized carbons (Fsp3) is 0.611. The summed E-state index contributed by atoms with van der Waals surface area (Å²) in [5.74, 6) is 0.743. The van der Waals surface area contributed by atoms with E-state index in [1.165, 1.54) is 16.4 Å². The molecule has 2 aliphatic rings. The molecular formula is C18H24Cl2N2O3S. The second-order valence-electron chi connectivity index (χ2n) is 7.24. The first kappa shape index (κ1) is 19.9. The number of halogens is 2. The zero-order chi connectivity index (χ0) is 18.9. The number of amides is 1. The van der Waals surface area contributed by atoms with Crippen LogP contribution in [0, 0.1) is 11.8 Å². The van der Waals surface area contributed by atoms with Crippen molar-refractivity contribution < 1.29 is 13.2 Å². The number of likely N-dealkylation sites (tertiary alicyclic amines) is 1. The molecule has 3 rings (SSSR count). The molecule has 1 aromatic rings. The molecule has 2 fully saturated rings. The van der Waals surface area contributed by atoms with Gasteiger partial charge in [-0.3, -0.25) is 4.79 Å². The number of nitrogens with zero attached hydrogens (tertiary/aromatic N) is 2. The van der Waals surface area contributed by atoms with Gasteiger partial charge in [0.05, 0.1) is 10.0 Å². The van der Waals surface area contributed by atoms with E-state index < -0.39 is 10.0 Å². The lowest BCUT2D eigenvalue weighted by Crippen LogP contribution is -2.46. The maximum Gasteiger partial charge on any atom is 0.246 e. The van der Waals surface area contributed by atoms with Gasteiger partial charge in [0.25, 0.3) is 0 Å². The van der Waals surface area contributed by atoms with E-state index in [9.17, 15) is 13.2 Å². The van der Waals surface area contributed by atoms with Crippen LogP contribution in [-0.2, 0) is 14.8 Å². The fourth-order valence-electron chi connectivity index (χ4n) is 3.69. The Morgan fingerprint density at radius 3 is 2.08 bits per heavy atom. The highest BCUT2D eigenvalue weighted by atomic mass is 35.5. The van der Waals surface area contributed by atoms with Gasteiger partial charge in [-0.05, 0) is 43.7 Å². The third kappa shape index (κ3) is 4.03. The predicted octanol–water partition coefficient (Wildman–Crippen LogP) is 3.65. The number of rotatable bonds is 3. The minimum Gasteiger partial charge on any atom is -0.342 e. The van der Waals surface area contributed by atoms with E-state index in [0.29, 0.717) is 31.8 Å². The quantitative estimate of drug-likeness (QED) is 0.752. The summed E-state index contributed by atoms with van der Waals surface area (Å²) in [6.45, 7) is 4.46. The Morgan fingerprint density at radius 2 is 1.54 bits per heavy atom. The summed E-state index contributed by atoms with van der Waals surface area (Å²) >= 11 is 12.1. The molecule has 2 heterocycles. The van der Waals surface area contributed by atoms with Crippen molar-refractivity contribution in [3.63, 3.8) is 0 Å². The van der Waals surface area contributed by atoms with Crippen LogP contribution in [0.15, 0.2) is 23.1 Å². The number of benzene rings is 1. The molecule has 0 bridgehead atoms. The van der Waals surface area contributed by atoms with Crippen molar-refractivity contribution >= 4 is 39.1 Å². The van der Waals surface area contributed by atoms with Crippen LogP contribution < -0.4 is 0 Å². The minimum atomic E-state index is -3.76. The van der Waals surface area contributed by atoms with Crippen LogP contribution in [0.2, 0.25) is 10.0 Å². The molecular weight excluding hydrogens is 395 g/mol. The maximum absolute atomic E-state index is 12.9. The average Bonchev–Trinajstić information content (AvgIpc) is 2.61. The Hall–Kier alpha value is -0.820. The SMILES string of the molecule is CC1CCN(C(=O)C2CCN(S(=O)(=O)c3c(Cl)cccc3Cl)CC2)CC1. The van der Waals surface area contributed by atoms with Gasteiger partial charge in [-0.15, -0.1) is 0 Å². The summed E-state index contributed by atoms with van der Waals surface area (Å²) in [4.78, 5) is 14.6. The Morgan fingerprint density at radius 1 is 1.00 bits per heavy atom. The van der Waals surface area contributed by atoms with E-state index in [0.717, 1.165) is 25.9 Å². The standard InChI is InChI=1S/C18H24Cl2N2O3S/c1-13-5-9-21(10-6-13)18(23)14-7-11-22(12-8-14)26(24,25)17-15(19)3-2-4-16(17)20/h2-4,13-14H,5-12H2,1H3. The molecule has 2 aliphatic heterocycles. The van der Waals surface area contributed by atoms with Crippen LogP contribution in [0.5, 0.6) is 0 Å². The van der Waals surface area contributed by atoms with Gasteiger partial charge in [-0.25, -0.2) is 8.42 Å². The Labute approximate surface area is 165 Å². The van der Waals surface area contributed by atoms with Gasteiger partial charge in [-0.1, -0.05) is 36.2 Å². The third-order valence-electron chi connectivity index (χ3n) is 5.42. The van der Waals surface area contributed by atoms with E-state index >= 15 is 0 Å². The van der Waals surface area contributed by atoms with E-state index in [1.807, 2.05) is 4.90 Å². The molecule has 5 nitrogen and oxygen atoms in total. The summed E-state index contributed by atoms with van der Waals surface area (Å²) in [6, 6.07) is 4.66. The van der Waals surface area contributed by atoms with Gasteiger partial charge in [0.15, 0.2) is 0 Å². The fourth-order valence-corrected chi connectivity index (χ4v) is 6.25. The largest absolute Gasteiger partial charge is 0.342 e. The van der Waals surface area contributed by atoms with Crippen molar-refractivity contribution in [2.45, 2.75) is 37.5 Å². The lowest BCUT2D eigenvalue weighted by Gasteiger charge is -2.36. The van der Waals surface area contributed by atoms with Gasteiger partial charge < -0.3 is 4.90 Å². The lowest BCUT2D eigenvalue weighted by atomic mass is 9.93. The van der Waals surface area contributed by atoms with Crippen molar-refractivity contribution in [3.8, 4) is 0 Å². The number of hydrogen-bond donors (Lipinski definition) is 0. The number of piperidine rings is 2. The second-order valence-corrected chi connectivity index (χ2v) is 9.93. The minimum absolute atomic E-state index is 0.0434. The Kier molecular flexibility index (Phi) is 6.17. The van der Waals surface area contributed by atoms with Gasteiger partial charge in [0.1, 0.15) is 4.90 Å². The van der Waals surface area contributed by atoms with Gasteiger partial charge in [-0.2, -0.15) is 4.31 Å². The molecule has 1 amide bonds. The monoisotopic (exact) mass is 418 g/mol. The smallest absolute Gasteiger partial charge is 0.246 e. The van der Waals surface area contributed by atoms with Crippen LogP contribution in [0.1, 0.15) is 32.6 Å². The maximum atomic E-state index is 12.9. The lowest BCUT2D eigenvalue weighted by molar-refractivity contribution is -0.138. The highest BCUT2D eigenvalue weighted by Crippen LogP contribution is 2.33. The molecule has 0 aromatic heterocycles. The number of hydrogen-bond acceptors (Lipinski definition) is 3. The van der Waals surface area contributed by atoms with E-state index in [-0.39, 0.29) is 26.8 Å². The molecule has 0 saturated carbocycles. The van der Waals surface area contributed by atoms with Gasteiger partial charge in [0, 0.05) is 32.1 Å². The van der Waals surface area contributed by atoms with Gasteiger partial charge >= 0.3 is 0 Å². The molecule has 0 unspecified atom stereocenters. The van der Waals surface area contributed by atoms with Crippen molar-refractivity contribution in [1.82, 2.24) is 9.21 Å². The van der Waals surface area contributed by atoms with Crippen LogP contribution in [0.25, 0.3) is 0 Å². The molecule has 26 heavy (non-hydrogen) atoms. The topological polar surface area (TPSA) is 57.7 Å². The highest BCUT2D eigenvalue weighted by Gasteiger charge is 2.36. The first-order valence-corrected chi connectivity index (χ1v) is 11.2. The van der Waals surface area contributed by atoms with Crippen molar-refractivity contribution in [3.05, 3.63) is 28.2 Å². The van der Waals surface area contributed by atoms with Crippen LogP contribution in [-0.4, -0.2) is 49.7 Å². The Bertz CT molecular complexity index is 748. The van der Waals surface area contributed by atoms with Crippen molar-refractivity contribution in [2.24, 2.45) is 11.8 Å². The molecule has 0 aliphatic carbocycles. The summed E-state index contributed by atoms with van der Waals surface area (Å²) in [5, 5.41) is 0.247. The van der Waals surface area contributed by atoms with Crippen LogP contribution >= 0.6 is 23.2 Å². The van der Waals surface area contributed by atoms with Crippen LogP contribution in [0.3, 0.4) is 0 Å². The predicted molar refractivity (Wildman–Crippen MR) is 103 cm³/mol. The summed E-state index contributed by atoms with van der Waals surface area (Å²) in [6.07, 6.45) is 3.16. The van der Waals surface area contributed by atoms with E-state index in [1.54, 1.807) is 6.07 Å². The van der Waals surface area contributed by atoms with Crippen LogP contribution in [0.4, 0.5) is 0 Å². The molecule has 144 valence electrons. The summed E-state index contributed by atoms with van der Waals surface area (Å²) in [5.41, 5.74) is 0. The zero-order valence-electron chi connectivity index (χ0n) is 14.8. The molecule has 0 spiro atoms. The second kappa shape index (κ2) is 8.05. The summed E-state index contributed by atoms with van der Waals surface area (Å²) in [7, 11) is -3.76. The third-order valence-corrected chi connectivity index (χ3v) is 8.27.